The molecule has 1 aromatic carbocycles. The summed E-state index contributed by atoms with van der Waals surface area (Å²) < 4.78 is 4.58. The van der Waals surface area contributed by atoms with Crippen LogP contribution in [0.1, 0.15) is 32.1 Å². The molecule has 1 heterocycles. The van der Waals surface area contributed by atoms with Crippen molar-refractivity contribution in [3.8, 4) is 0 Å². The Kier molecular flexibility index (Phi) is 3.28. The molecule has 0 spiro atoms. The Hall–Kier alpha value is -2.36. The molecule has 0 bridgehead atoms. The van der Waals surface area contributed by atoms with E-state index in [-0.39, 0.29) is 11.5 Å². The standard InChI is InChI=1S/C14H13NO3/c1-9-5-3-4-6-10(9)13(16)11-7-8-12(15-11)14(17)18-2/h3-8,15H,1-2H3. The summed E-state index contributed by atoms with van der Waals surface area (Å²) in [6.45, 7) is 1.87. The largest absolute Gasteiger partial charge is 0.464 e. The van der Waals surface area contributed by atoms with Gasteiger partial charge in [0.15, 0.2) is 0 Å². The molecule has 0 amide bonds. The number of carbonyl (C=O) groups is 2. The van der Waals surface area contributed by atoms with Gasteiger partial charge < -0.3 is 9.72 Å². The lowest BCUT2D eigenvalue weighted by Gasteiger charge is -2.02. The van der Waals surface area contributed by atoms with Crippen LogP contribution in [0.25, 0.3) is 0 Å². The molecule has 0 saturated heterocycles. The normalized spacial score (nSPS) is 10.1. The van der Waals surface area contributed by atoms with Gasteiger partial charge in [0.05, 0.1) is 12.8 Å². The third-order valence-electron chi connectivity index (χ3n) is 2.73. The van der Waals surface area contributed by atoms with Gasteiger partial charge in [-0.3, -0.25) is 4.79 Å². The average Bonchev–Trinajstić information content (AvgIpc) is 2.87. The second kappa shape index (κ2) is 4.87. The van der Waals surface area contributed by atoms with E-state index in [4.69, 9.17) is 0 Å². The number of aryl methyl sites for hydroxylation is 1. The summed E-state index contributed by atoms with van der Waals surface area (Å²) in [5.74, 6) is -0.623. The van der Waals surface area contributed by atoms with Crippen LogP contribution in [0.4, 0.5) is 0 Å². The molecule has 0 aliphatic carbocycles. The van der Waals surface area contributed by atoms with Crippen LogP contribution in [0.5, 0.6) is 0 Å². The van der Waals surface area contributed by atoms with Crippen LogP contribution >= 0.6 is 0 Å². The average molecular weight is 243 g/mol. The molecule has 2 aromatic rings. The molecule has 1 aromatic heterocycles. The van der Waals surface area contributed by atoms with Crippen LogP contribution in [0.15, 0.2) is 36.4 Å². The first-order valence-electron chi connectivity index (χ1n) is 5.51. The monoisotopic (exact) mass is 243 g/mol. The summed E-state index contributed by atoms with van der Waals surface area (Å²) in [6, 6.07) is 10.4. The Balaban J connectivity index is 2.33. The van der Waals surface area contributed by atoms with Crippen molar-refractivity contribution in [1.29, 1.82) is 0 Å². The summed E-state index contributed by atoms with van der Waals surface area (Å²) in [4.78, 5) is 26.3. The van der Waals surface area contributed by atoms with Crippen molar-refractivity contribution in [2.45, 2.75) is 6.92 Å². The van der Waals surface area contributed by atoms with Crippen LogP contribution < -0.4 is 0 Å². The van der Waals surface area contributed by atoms with Crippen molar-refractivity contribution in [2.75, 3.05) is 7.11 Å². The number of ether oxygens (including phenoxy) is 1. The van der Waals surface area contributed by atoms with Crippen molar-refractivity contribution >= 4 is 11.8 Å². The second-order valence-corrected chi connectivity index (χ2v) is 3.92. The van der Waals surface area contributed by atoms with E-state index in [0.29, 0.717) is 11.3 Å². The molecule has 0 saturated carbocycles. The molecular weight excluding hydrogens is 230 g/mol. The van der Waals surface area contributed by atoms with Crippen LogP contribution in [0, 0.1) is 6.92 Å². The highest BCUT2D eigenvalue weighted by Crippen LogP contribution is 2.14. The number of carbonyl (C=O) groups excluding carboxylic acids is 2. The first kappa shape index (κ1) is 12.1. The van der Waals surface area contributed by atoms with Crippen molar-refractivity contribution < 1.29 is 14.3 Å². The molecule has 0 atom stereocenters. The number of nitrogens with one attached hydrogen (secondary N) is 1. The molecule has 18 heavy (non-hydrogen) atoms. The molecule has 4 heteroatoms. The number of aromatic nitrogens is 1. The van der Waals surface area contributed by atoms with E-state index in [1.165, 1.54) is 13.2 Å². The quantitative estimate of drug-likeness (QED) is 0.665. The lowest BCUT2D eigenvalue weighted by atomic mass is 10.0. The van der Waals surface area contributed by atoms with Gasteiger partial charge in [-0.25, -0.2) is 4.79 Å². The molecule has 0 fully saturated rings. The Morgan fingerprint density at radius 2 is 1.72 bits per heavy atom. The van der Waals surface area contributed by atoms with Gasteiger partial charge in [-0.05, 0) is 24.6 Å². The van der Waals surface area contributed by atoms with Crippen LogP contribution in [-0.4, -0.2) is 23.8 Å². The Morgan fingerprint density at radius 3 is 2.39 bits per heavy atom. The summed E-state index contributed by atoms with van der Waals surface area (Å²) in [6.07, 6.45) is 0. The fourth-order valence-electron chi connectivity index (χ4n) is 1.73. The number of benzene rings is 1. The van der Waals surface area contributed by atoms with Gasteiger partial charge in [0.25, 0.3) is 0 Å². The maximum absolute atomic E-state index is 12.2. The fraction of sp³-hybridized carbons (Fsp3) is 0.143. The van der Waals surface area contributed by atoms with Crippen molar-refractivity contribution in [3.05, 3.63) is 58.9 Å². The van der Waals surface area contributed by atoms with E-state index in [2.05, 4.69) is 9.72 Å². The molecule has 0 unspecified atom stereocenters. The number of hydrogen-bond acceptors (Lipinski definition) is 3. The molecule has 4 nitrogen and oxygen atoms in total. The van der Waals surface area contributed by atoms with Crippen molar-refractivity contribution in [3.63, 3.8) is 0 Å². The van der Waals surface area contributed by atoms with Crippen LogP contribution in [-0.2, 0) is 4.74 Å². The van der Waals surface area contributed by atoms with E-state index >= 15 is 0 Å². The first-order valence-corrected chi connectivity index (χ1v) is 5.51. The molecule has 2 rings (SSSR count). The van der Waals surface area contributed by atoms with Gasteiger partial charge in [0.1, 0.15) is 5.69 Å². The first-order chi connectivity index (χ1) is 8.63. The van der Waals surface area contributed by atoms with Gasteiger partial charge in [0.2, 0.25) is 5.78 Å². The maximum atomic E-state index is 12.2. The lowest BCUT2D eigenvalue weighted by Crippen LogP contribution is -2.06. The van der Waals surface area contributed by atoms with E-state index in [1.807, 2.05) is 25.1 Å². The molecular formula is C14H13NO3. The highest BCUT2D eigenvalue weighted by Gasteiger charge is 2.15. The smallest absolute Gasteiger partial charge is 0.354 e. The third-order valence-corrected chi connectivity index (χ3v) is 2.73. The zero-order valence-corrected chi connectivity index (χ0v) is 10.2. The van der Waals surface area contributed by atoms with Crippen molar-refractivity contribution in [1.82, 2.24) is 4.98 Å². The number of esters is 1. The predicted octanol–water partition coefficient (Wildman–Crippen LogP) is 2.34. The summed E-state index contributed by atoms with van der Waals surface area (Å²) in [5.41, 5.74) is 2.17. The van der Waals surface area contributed by atoms with E-state index in [0.717, 1.165) is 5.56 Å². The summed E-state index contributed by atoms with van der Waals surface area (Å²) >= 11 is 0. The third kappa shape index (κ3) is 2.18. The molecule has 1 N–H and O–H groups in total. The van der Waals surface area contributed by atoms with Gasteiger partial charge in [-0.15, -0.1) is 0 Å². The Morgan fingerprint density at radius 1 is 1.06 bits per heavy atom. The fourth-order valence-corrected chi connectivity index (χ4v) is 1.73. The van der Waals surface area contributed by atoms with Gasteiger partial charge in [0, 0.05) is 5.56 Å². The topological polar surface area (TPSA) is 59.2 Å². The lowest BCUT2D eigenvalue weighted by molar-refractivity contribution is 0.0595. The Labute approximate surface area is 105 Å². The van der Waals surface area contributed by atoms with E-state index in [1.54, 1.807) is 12.1 Å². The predicted molar refractivity (Wildman–Crippen MR) is 66.7 cm³/mol. The Bertz CT molecular complexity index is 599. The van der Waals surface area contributed by atoms with Gasteiger partial charge >= 0.3 is 5.97 Å². The van der Waals surface area contributed by atoms with Crippen LogP contribution in [0.3, 0.4) is 0 Å². The van der Waals surface area contributed by atoms with Gasteiger partial charge in [-0.2, -0.15) is 0 Å². The number of hydrogen-bond donors (Lipinski definition) is 1. The molecule has 0 aliphatic rings. The number of H-pyrrole nitrogens is 1. The maximum Gasteiger partial charge on any atom is 0.354 e. The SMILES string of the molecule is COC(=O)c1ccc(C(=O)c2ccccc2C)[nH]1. The molecule has 92 valence electrons. The molecule has 0 radical (unpaired) electrons. The van der Waals surface area contributed by atoms with Crippen molar-refractivity contribution in [2.24, 2.45) is 0 Å². The van der Waals surface area contributed by atoms with Gasteiger partial charge in [-0.1, -0.05) is 24.3 Å². The number of rotatable bonds is 3. The summed E-state index contributed by atoms with van der Waals surface area (Å²) in [5, 5.41) is 0. The van der Waals surface area contributed by atoms with Crippen LogP contribution in [0.2, 0.25) is 0 Å². The minimum absolute atomic E-state index is 0.136. The highest BCUT2D eigenvalue weighted by atomic mass is 16.5. The molecule has 0 aliphatic heterocycles. The minimum atomic E-state index is -0.487. The zero-order chi connectivity index (χ0) is 13.1. The summed E-state index contributed by atoms with van der Waals surface area (Å²) in [7, 11) is 1.30. The minimum Gasteiger partial charge on any atom is -0.464 e. The number of methoxy groups -OCH3 is 1. The number of ketones is 1. The second-order valence-electron chi connectivity index (χ2n) is 3.92. The zero-order valence-electron chi connectivity index (χ0n) is 10.2. The highest BCUT2D eigenvalue weighted by molar-refractivity contribution is 6.09. The number of aromatic amines is 1. The van der Waals surface area contributed by atoms with E-state index in [9.17, 15) is 9.59 Å². The van der Waals surface area contributed by atoms with E-state index < -0.39 is 5.97 Å².